The Morgan fingerprint density at radius 1 is 1.19 bits per heavy atom. The van der Waals surface area contributed by atoms with Crippen LogP contribution in [0.5, 0.6) is 0 Å². The fourth-order valence-electron chi connectivity index (χ4n) is 1.85. The maximum atomic E-state index is 11.5. The molecule has 3 rings (SSSR count). The Morgan fingerprint density at radius 2 is 2.00 bits per heavy atom. The molecule has 2 heterocycles. The topological polar surface area (TPSA) is 47.3 Å². The van der Waals surface area contributed by atoms with Crippen molar-refractivity contribution >= 4 is 22.5 Å². The molecular weight excluding hydrogens is 202 g/mol. The lowest BCUT2D eigenvalue weighted by Crippen LogP contribution is -2.00. The van der Waals surface area contributed by atoms with Crippen LogP contribution < -0.4 is 0 Å². The Balaban J connectivity index is 2.56. The van der Waals surface area contributed by atoms with Crippen LogP contribution in [0.1, 0.15) is 17.4 Å². The van der Waals surface area contributed by atoms with Gasteiger partial charge in [-0.05, 0) is 12.1 Å². The van der Waals surface area contributed by atoms with Crippen molar-refractivity contribution in [3.8, 4) is 0 Å². The van der Waals surface area contributed by atoms with E-state index in [0.29, 0.717) is 11.3 Å². The first kappa shape index (κ1) is 9.03. The normalized spacial score (nSPS) is 11.1. The third-order valence-corrected chi connectivity index (χ3v) is 2.59. The minimum atomic E-state index is 0.00357. The standard InChI is InChI=1S/C12H9N3O/c1-8(16)11-6-14-12-7-13-9-4-2-3-5-10(9)15(11)12/h2-7H,1H3. The van der Waals surface area contributed by atoms with Gasteiger partial charge < -0.3 is 0 Å². The largest absolute Gasteiger partial charge is 0.293 e. The number of nitrogens with zero attached hydrogens (tertiary/aromatic N) is 3. The van der Waals surface area contributed by atoms with Crippen molar-refractivity contribution in [1.82, 2.24) is 14.4 Å². The van der Waals surface area contributed by atoms with Gasteiger partial charge in [-0.25, -0.2) is 4.98 Å². The van der Waals surface area contributed by atoms with E-state index in [1.54, 1.807) is 19.3 Å². The molecule has 0 atom stereocenters. The Bertz CT molecular complexity index is 700. The highest BCUT2D eigenvalue weighted by Gasteiger charge is 2.10. The number of carbonyl (C=O) groups excluding carboxylic acids is 1. The number of fused-ring (bicyclic) bond motifs is 3. The molecule has 0 unspecified atom stereocenters. The van der Waals surface area contributed by atoms with Crippen LogP contribution in [0.15, 0.2) is 36.7 Å². The van der Waals surface area contributed by atoms with E-state index in [0.717, 1.165) is 11.0 Å². The van der Waals surface area contributed by atoms with Crippen LogP contribution in [0.2, 0.25) is 0 Å². The summed E-state index contributed by atoms with van der Waals surface area (Å²) in [5.74, 6) is 0.00357. The number of benzene rings is 1. The minimum Gasteiger partial charge on any atom is -0.293 e. The van der Waals surface area contributed by atoms with Crippen LogP contribution in [0.3, 0.4) is 0 Å². The van der Waals surface area contributed by atoms with Gasteiger partial charge in [-0.1, -0.05) is 12.1 Å². The van der Waals surface area contributed by atoms with Crippen LogP contribution in [-0.4, -0.2) is 20.2 Å². The summed E-state index contributed by atoms with van der Waals surface area (Å²) in [4.78, 5) is 19.9. The lowest BCUT2D eigenvalue weighted by Gasteiger charge is -2.02. The summed E-state index contributed by atoms with van der Waals surface area (Å²) in [6, 6.07) is 7.70. The highest BCUT2D eigenvalue weighted by molar-refractivity contribution is 5.95. The second-order valence-electron chi connectivity index (χ2n) is 3.64. The van der Waals surface area contributed by atoms with Gasteiger partial charge in [-0.2, -0.15) is 0 Å². The molecular formula is C12H9N3O. The first-order valence-electron chi connectivity index (χ1n) is 4.99. The van der Waals surface area contributed by atoms with Crippen molar-refractivity contribution < 1.29 is 4.79 Å². The lowest BCUT2D eigenvalue weighted by molar-refractivity contribution is 0.101. The molecule has 3 aromatic rings. The quantitative estimate of drug-likeness (QED) is 0.579. The van der Waals surface area contributed by atoms with Crippen LogP contribution in [0, 0.1) is 0 Å². The van der Waals surface area contributed by atoms with E-state index in [2.05, 4.69) is 9.97 Å². The number of imidazole rings is 1. The Labute approximate surface area is 91.6 Å². The Kier molecular flexibility index (Phi) is 1.77. The molecule has 0 spiro atoms. The highest BCUT2D eigenvalue weighted by Crippen LogP contribution is 2.16. The third kappa shape index (κ3) is 1.13. The lowest BCUT2D eigenvalue weighted by atomic mass is 10.3. The molecule has 16 heavy (non-hydrogen) atoms. The Hall–Kier alpha value is -2.23. The average Bonchev–Trinajstić information content (AvgIpc) is 2.73. The van der Waals surface area contributed by atoms with Crippen LogP contribution >= 0.6 is 0 Å². The highest BCUT2D eigenvalue weighted by atomic mass is 16.1. The average molecular weight is 211 g/mol. The van der Waals surface area contributed by atoms with Gasteiger partial charge in [-0.15, -0.1) is 0 Å². The summed E-state index contributed by atoms with van der Waals surface area (Å²) in [6.45, 7) is 1.54. The number of Topliss-reactive ketones (excluding diaryl/α,β-unsaturated/α-hetero) is 1. The van der Waals surface area contributed by atoms with E-state index in [9.17, 15) is 4.79 Å². The number of hydrogen-bond acceptors (Lipinski definition) is 3. The molecule has 0 bridgehead atoms. The summed E-state index contributed by atoms with van der Waals surface area (Å²) in [5, 5.41) is 0. The molecule has 78 valence electrons. The molecule has 4 nitrogen and oxygen atoms in total. The Morgan fingerprint density at radius 3 is 2.81 bits per heavy atom. The molecule has 0 saturated carbocycles. The van der Waals surface area contributed by atoms with Crippen molar-refractivity contribution in [2.45, 2.75) is 6.92 Å². The van der Waals surface area contributed by atoms with Crippen molar-refractivity contribution in [2.75, 3.05) is 0 Å². The second-order valence-corrected chi connectivity index (χ2v) is 3.64. The van der Waals surface area contributed by atoms with Crippen LogP contribution in [0.4, 0.5) is 0 Å². The molecule has 0 aliphatic heterocycles. The molecule has 0 aliphatic carbocycles. The summed E-state index contributed by atoms with van der Waals surface area (Å²) >= 11 is 0. The predicted molar refractivity (Wildman–Crippen MR) is 60.5 cm³/mol. The van der Waals surface area contributed by atoms with E-state index < -0.39 is 0 Å². The first-order chi connectivity index (χ1) is 7.77. The number of ketones is 1. The van der Waals surface area contributed by atoms with Crippen molar-refractivity contribution in [3.05, 3.63) is 42.4 Å². The fourth-order valence-corrected chi connectivity index (χ4v) is 1.85. The van der Waals surface area contributed by atoms with Crippen molar-refractivity contribution in [1.29, 1.82) is 0 Å². The molecule has 4 heteroatoms. The second kappa shape index (κ2) is 3.13. The van der Waals surface area contributed by atoms with E-state index >= 15 is 0 Å². The van der Waals surface area contributed by atoms with Crippen molar-refractivity contribution in [3.63, 3.8) is 0 Å². The molecule has 0 radical (unpaired) electrons. The van der Waals surface area contributed by atoms with Gasteiger partial charge in [-0.3, -0.25) is 14.2 Å². The van der Waals surface area contributed by atoms with Gasteiger partial charge >= 0.3 is 0 Å². The van der Waals surface area contributed by atoms with E-state index in [1.807, 2.05) is 28.7 Å². The minimum absolute atomic E-state index is 0.00357. The monoisotopic (exact) mass is 211 g/mol. The van der Waals surface area contributed by atoms with Gasteiger partial charge in [0.15, 0.2) is 11.4 Å². The maximum Gasteiger partial charge on any atom is 0.178 e. The van der Waals surface area contributed by atoms with E-state index in [-0.39, 0.29) is 5.78 Å². The van der Waals surface area contributed by atoms with E-state index in [1.165, 1.54) is 0 Å². The number of hydrogen-bond donors (Lipinski definition) is 0. The zero-order valence-corrected chi connectivity index (χ0v) is 8.71. The van der Waals surface area contributed by atoms with Crippen LogP contribution in [-0.2, 0) is 0 Å². The van der Waals surface area contributed by atoms with Gasteiger partial charge in [0.2, 0.25) is 0 Å². The molecule has 1 aromatic carbocycles. The predicted octanol–water partition coefficient (Wildman–Crippen LogP) is 2.09. The molecule has 0 aliphatic rings. The van der Waals surface area contributed by atoms with Crippen molar-refractivity contribution in [2.24, 2.45) is 0 Å². The molecule has 0 amide bonds. The maximum absolute atomic E-state index is 11.5. The molecule has 0 fully saturated rings. The fraction of sp³-hybridized carbons (Fsp3) is 0.0833. The van der Waals surface area contributed by atoms with Gasteiger partial charge in [0.05, 0.1) is 23.4 Å². The van der Waals surface area contributed by atoms with E-state index in [4.69, 9.17) is 0 Å². The smallest absolute Gasteiger partial charge is 0.178 e. The van der Waals surface area contributed by atoms with Gasteiger partial charge in [0.1, 0.15) is 5.69 Å². The number of rotatable bonds is 1. The number of carbonyl (C=O) groups is 1. The SMILES string of the molecule is CC(=O)c1cnc2cnc3ccccc3n12. The molecule has 2 aromatic heterocycles. The summed E-state index contributed by atoms with van der Waals surface area (Å²) in [6.07, 6.45) is 3.26. The number of para-hydroxylation sites is 2. The summed E-state index contributed by atoms with van der Waals surface area (Å²) in [5.41, 5.74) is 3.05. The van der Waals surface area contributed by atoms with Gasteiger partial charge in [0.25, 0.3) is 0 Å². The summed E-state index contributed by atoms with van der Waals surface area (Å²) < 4.78 is 1.84. The van der Waals surface area contributed by atoms with Gasteiger partial charge in [0, 0.05) is 6.92 Å². The first-order valence-corrected chi connectivity index (χ1v) is 4.99. The molecule has 0 N–H and O–H groups in total. The zero-order valence-electron chi connectivity index (χ0n) is 8.71. The summed E-state index contributed by atoms with van der Waals surface area (Å²) in [7, 11) is 0. The third-order valence-electron chi connectivity index (χ3n) is 2.59. The van der Waals surface area contributed by atoms with Crippen LogP contribution in [0.25, 0.3) is 16.7 Å². The zero-order chi connectivity index (χ0) is 11.1. The molecule has 0 saturated heterocycles. The number of aromatic nitrogens is 3.